The number of hydrogen-bond donors (Lipinski definition) is 2. The molecule has 0 atom stereocenters. The topological polar surface area (TPSA) is 40.5 Å². The molecule has 0 amide bonds. The largest absolute Gasteiger partial charge is 0.508 e. The minimum Gasteiger partial charge on any atom is -0.508 e. The molecule has 1 aliphatic carbocycles. The standard InChI is InChI=1S/C13H11BrO2/c14-10-2-1-8-7-12(15)11(6-9(8)5-10)13(16)3-4-13/h1-2,5-7,15-16H,3-4H2. The molecule has 82 valence electrons. The first kappa shape index (κ1) is 10.1. The lowest BCUT2D eigenvalue weighted by Crippen LogP contribution is -2.04. The summed E-state index contributed by atoms with van der Waals surface area (Å²) >= 11 is 3.42. The van der Waals surface area contributed by atoms with E-state index in [4.69, 9.17) is 0 Å². The van der Waals surface area contributed by atoms with Crippen LogP contribution < -0.4 is 0 Å². The summed E-state index contributed by atoms with van der Waals surface area (Å²) in [4.78, 5) is 0. The van der Waals surface area contributed by atoms with Crippen LogP contribution in [0.3, 0.4) is 0 Å². The Hall–Kier alpha value is -1.06. The van der Waals surface area contributed by atoms with E-state index >= 15 is 0 Å². The first-order chi connectivity index (χ1) is 7.58. The second-order valence-corrected chi connectivity index (χ2v) is 5.31. The molecule has 1 fully saturated rings. The molecule has 1 aliphatic rings. The lowest BCUT2D eigenvalue weighted by atomic mass is 10.0. The van der Waals surface area contributed by atoms with Crippen molar-refractivity contribution in [1.82, 2.24) is 0 Å². The molecule has 2 aromatic rings. The molecule has 0 aromatic heterocycles. The highest BCUT2D eigenvalue weighted by atomic mass is 79.9. The molecule has 0 unspecified atom stereocenters. The van der Waals surface area contributed by atoms with Crippen LogP contribution in [0.2, 0.25) is 0 Å². The van der Waals surface area contributed by atoms with Crippen molar-refractivity contribution in [3.63, 3.8) is 0 Å². The van der Waals surface area contributed by atoms with Crippen LogP contribution in [0.1, 0.15) is 18.4 Å². The summed E-state index contributed by atoms with van der Waals surface area (Å²) in [5, 5.41) is 21.9. The van der Waals surface area contributed by atoms with E-state index in [9.17, 15) is 10.2 Å². The molecular weight excluding hydrogens is 268 g/mol. The van der Waals surface area contributed by atoms with Crippen LogP contribution in [0, 0.1) is 0 Å². The number of benzene rings is 2. The molecular formula is C13H11BrO2. The summed E-state index contributed by atoms with van der Waals surface area (Å²) in [6, 6.07) is 9.47. The predicted molar refractivity (Wildman–Crippen MR) is 66.4 cm³/mol. The van der Waals surface area contributed by atoms with Crippen molar-refractivity contribution in [1.29, 1.82) is 0 Å². The summed E-state index contributed by atoms with van der Waals surface area (Å²) in [5.74, 6) is 0.190. The third-order valence-electron chi connectivity index (χ3n) is 3.14. The molecule has 1 saturated carbocycles. The molecule has 3 rings (SSSR count). The minimum atomic E-state index is -0.791. The summed E-state index contributed by atoms with van der Waals surface area (Å²) in [7, 11) is 0. The van der Waals surface area contributed by atoms with Crippen molar-refractivity contribution in [2.45, 2.75) is 18.4 Å². The maximum atomic E-state index is 10.0. The highest BCUT2D eigenvalue weighted by Crippen LogP contribution is 2.49. The summed E-state index contributed by atoms with van der Waals surface area (Å²) in [6.07, 6.45) is 1.47. The van der Waals surface area contributed by atoms with E-state index < -0.39 is 5.60 Å². The van der Waals surface area contributed by atoms with Gasteiger partial charge in [0.25, 0.3) is 0 Å². The zero-order valence-corrected chi connectivity index (χ0v) is 10.2. The molecule has 16 heavy (non-hydrogen) atoms. The van der Waals surface area contributed by atoms with Crippen molar-refractivity contribution in [2.75, 3.05) is 0 Å². The van der Waals surface area contributed by atoms with Gasteiger partial charge in [-0.3, -0.25) is 0 Å². The molecule has 0 spiro atoms. The molecule has 2 aromatic carbocycles. The average molecular weight is 279 g/mol. The molecule has 0 heterocycles. The molecule has 0 aliphatic heterocycles. The zero-order chi connectivity index (χ0) is 11.3. The monoisotopic (exact) mass is 278 g/mol. The fourth-order valence-electron chi connectivity index (χ4n) is 2.02. The highest BCUT2D eigenvalue weighted by molar-refractivity contribution is 9.10. The van der Waals surface area contributed by atoms with Gasteiger partial charge >= 0.3 is 0 Å². The second kappa shape index (κ2) is 3.22. The van der Waals surface area contributed by atoms with Crippen LogP contribution in [0.15, 0.2) is 34.8 Å². The Bertz CT molecular complexity index is 573. The molecule has 0 saturated heterocycles. The van der Waals surface area contributed by atoms with Crippen LogP contribution in [0.25, 0.3) is 10.8 Å². The van der Waals surface area contributed by atoms with E-state index in [1.807, 2.05) is 24.3 Å². The van der Waals surface area contributed by atoms with Crippen molar-refractivity contribution >= 4 is 26.7 Å². The van der Waals surface area contributed by atoms with Crippen molar-refractivity contribution < 1.29 is 10.2 Å². The van der Waals surface area contributed by atoms with E-state index in [2.05, 4.69) is 15.9 Å². The van der Waals surface area contributed by atoms with Crippen LogP contribution in [-0.4, -0.2) is 10.2 Å². The average Bonchev–Trinajstić information content (AvgIpc) is 2.97. The number of rotatable bonds is 1. The number of halogens is 1. The second-order valence-electron chi connectivity index (χ2n) is 4.39. The number of hydrogen-bond acceptors (Lipinski definition) is 2. The maximum Gasteiger partial charge on any atom is 0.122 e. The van der Waals surface area contributed by atoms with Gasteiger partial charge in [-0.05, 0) is 47.9 Å². The van der Waals surface area contributed by atoms with Crippen molar-refractivity contribution in [2.24, 2.45) is 0 Å². The van der Waals surface area contributed by atoms with Crippen LogP contribution >= 0.6 is 15.9 Å². The minimum absolute atomic E-state index is 0.190. The molecule has 2 N–H and O–H groups in total. The Morgan fingerprint density at radius 3 is 2.50 bits per heavy atom. The van der Waals surface area contributed by atoms with E-state index in [1.165, 1.54) is 0 Å². The van der Waals surface area contributed by atoms with Gasteiger partial charge in [0.1, 0.15) is 5.75 Å². The lowest BCUT2D eigenvalue weighted by Gasteiger charge is -2.12. The van der Waals surface area contributed by atoms with Gasteiger partial charge in [-0.2, -0.15) is 0 Å². The molecule has 0 radical (unpaired) electrons. The predicted octanol–water partition coefficient (Wildman–Crippen LogP) is 3.29. The van der Waals surface area contributed by atoms with Gasteiger partial charge in [0, 0.05) is 10.0 Å². The van der Waals surface area contributed by atoms with Gasteiger partial charge in [-0.15, -0.1) is 0 Å². The quantitative estimate of drug-likeness (QED) is 0.841. The molecule has 0 bridgehead atoms. The highest BCUT2D eigenvalue weighted by Gasteiger charge is 2.44. The summed E-state index contributed by atoms with van der Waals surface area (Å²) in [5.41, 5.74) is -0.140. The Kier molecular flexibility index (Phi) is 2.03. The fourth-order valence-corrected chi connectivity index (χ4v) is 2.40. The van der Waals surface area contributed by atoms with Gasteiger partial charge in [-0.1, -0.05) is 22.0 Å². The van der Waals surface area contributed by atoms with Crippen LogP contribution in [0.4, 0.5) is 0 Å². The van der Waals surface area contributed by atoms with E-state index in [0.717, 1.165) is 28.1 Å². The number of fused-ring (bicyclic) bond motifs is 1. The Morgan fingerprint density at radius 1 is 1.06 bits per heavy atom. The van der Waals surface area contributed by atoms with Crippen LogP contribution in [0.5, 0.6) is 5.75 Å². The van der Waals surface area contributed by atoms with E-state index in [1.54, 1.807) is 6.07 Å². The first-order valence-electron chi connectivity index (χ1n) is 5.24. The van der Waals surface area contributed by atoms with Crippen LogP contribution in [-0.2, 0) is 5.60 Å². The van der Waals surface area contributed by atoms with E-state index in [0.29, 0.717) is 5.56 Å². The summed E-state index contributed by atoms with van der Waals surface area (Å²) < 4.78 is 0.999. The van der Waals surface area contributed by atoms with Gasteiger partial charge in [-0.25, -0.2) is 0 Å². The van der Waals surface area contributed by atoms with Gasteiger partial charge < -0.3 is 10.2 Å². The number of aliphatic hydroxyl groups is 1. The van der Waals surface area contributed by atoms with Crippen molar-refractivity contribution in [3.8, 4) is 5.75 Å². The molecule has 2 nitrogen and oxygen atoms in total. The Morgan fingerprint density at radius 2 is 1.81 bits per heavy atom. The number of phenolic OH excluding ortho intramolecular Hbond substituents is 1. The zero-order valence-electron chi connectivity index (χ0n) is 8.57. The van der Waals surface area contributed by atoms with Crippen molar-refractivity contribution in [3.05, 3.63) is 40.4 Å². The van der Waals surface area contributed by atoms with Gasteiger partial charge in [0.2, 0.25) is 0 Å². The Balaban J connectivity index is 2.27. The lowest BCUT2D eigenvalue weighted by molar-refractivity contribution is 0.148. The fraction of sp³-hybridized carbons (Fsp3) is 0.231. The summed E-state index contributed by atoms with van der Waals surface area (Å²) in [6.45, 7) is 0. The first-order valence-corrected chi connectivity index (χ1v) is 6.03. The third-order valence-corrected chi connectivity index (χ3v) is 3.64. The maximum absolute atomic E-state index is 10.0. The van der Waals surface area contributed by atoms with E-state index in [-0.39, 0.29) is 5.75 Å². The number of phenols is 1. The normalized spacial score (nSPS) is 17.6. The Labute approximate surface area is 102 Å². The molecule has 3 heteroatoms. The number of aromatic hydroxyl groups is 1. The SMILES string of the molecule is Oc1cc2ccc(Br)cc2cc1C1(O)CC1. The van der Waals surface area contributed by atoms with Gasteiger partial charge in [0.05, 0.1) is 5.60 Å². The van der Waals surface area contributed by atoms with Gasteiger partial charge in [0.15, 0.2) is 0 Å². The third kappa shape index (κ3) is 1.51. The smallest absolute Gasteiger partial charge is 0.122 e.